The number of rotatable bonds is 6. The van der Waals surface area contributed by atoms with Crippen LogP contribution in [-0.2, 0) is 0 Å². The second kappa shape index (κ2) is 6.84. The van der Waals surface area contributed by atoms with Crippen molar-refractivity contribution in [2.75, 3.05) is 33.1 Å². The van der Waals surface area contributed by atoms with Crippen LogP contribution in [-0.4, -0.2) is 52.2 Å². The Hall–Kier alpha value is -2.67. The molecule has 0 radical (unpaired) electrons. The SMILES string of the molecule is COc1cccc([C@H](CNc2cc(C)nc3ncnn23)N(C)C)c1. The van der Waals surface area contributed by atoms with Crippen molar-refractivity contribution in [3.8, 4) is 5.75 Å². The summed E-state index contributed by atoms with van der Waals surface area (Å²) >= 11 is 0. The molecular formula is C17H22N6O. The molecule has 2 aromatic heterocycles. The van der Waals surface area contributed by atoms with Crippen LogP contribution in [0.25, 0.3) is 5.78 Å². The molecule has 0 aliphatic heterocycles. The zero-order chi connectivity index (χ0) is 17.1. The first kappa shape index (κ1) is 16.2. The predicted molar refractivity (Wildman–Crippen MR) is 93.4 cm³/mol. The molecule has 0 saturated heterocycles. The molecule has 0 saturated carbocycles. The van der Waals surface area contributed by atoms with Crippen molar-refractivity contribution in [3.63, 3.8) is 0 Å². The minimum absolute atomic E-state index is 0.187. The summed E-state index contributed by atoms with van der Waals surface area (Å²) in [6.07, 6.45) is 1.51. The number of fused-ring (bicyclic) bond motifs is 1. The molecule has 0 amide bonds. The lowest BCUT2D eigenvalue weighted by molar-refractivity contribution is 0.310. The molecule has 7 heteroatoms. The number of hydrogen-bond acceptors (Lipinski definition) is 6. The van der Waals surface area contributed by atoms with Gasteiger partial charge >= 0.3 is 0 Å². The molecule has 3 aromatic rings. The van der Waals surface area contributed by atoms with Crippen LogP contribution in [0.5, 0.6) is 5.75 Å². The third kappa shape index (κ3) is 3.30. The molecule has 1 N–H and O–H groups in total. The number of nitrogens with zero attached hydrogens (tertiary/aromatic N) is 5. The van der Waals surface area contributed by atoms with Crippen LogP contribution >= 0.6 is 0 Å². The summed E-state index contributed by atoms with van der Waals surface area (Å²) in [5, 5.41) is 7.70. The zero-order valence-electron chi connectivity index (χ0n) is 14.4. The van der Waals surface area contributed by atoms with Gasteiger partial charge in [-0.2, -0.15) is 14.6 Å². The molecule has 0 fully saturated rings. The van der Waals surface area contributed by atoms with E-state index >= 15 is 0 Å². The Labute approximate surface area is 141 Å². The van der Waals surface area contributed by atoms with E-state index in [2.05, 4.69) is 51.5 Å². The third-order valence-electron chi connectivity index (χ3n) is 3.96. The van der Waals surface area contributed by atoms with E-state index in [1.165, 1.54) is 11.9 Å². The van der Waals surface area contributed by atoms with Crippen LogP contribution in [0.15, 0.2) is 36.7 Å². The first-order valence-electron chi connectivity index (χ1n) is 7.80. The van der Waals surface area contributed by atoms with E-state index < -0.39 is 0 Å². The molecule has 0 aliphatic rings. The molecule has 1 aromatic carbocycles. The van der Waals surface area contributed by atoms with Gasteiger partial charge in [0.05, 0.1) is 13.2 Å². The average molecular weight is 326 g/mol. The van der Waals surface area contributed by atoms with E-state index in [-0.39, 0.29) is 6.04 Å². The number of aromatic nitrogens is 4. The molecule has 7 nitrogen and oxygen atoms in total. The smallest absolute Gasteiger partial charge is 0.254 e. The second-order valence-corrected chi connectivity index (χ2v) is 5.89. The molecule has 24 heavy (non-hydrogen) atoms. The van der Waals surface area contributed by atoms with E-state index in [0.29, 0.717) is 5.78 Å². The van der Waals surface area contributed by atoms with Gasteiger partial charge < -0.3 is 15.0 Å². The first-order chi connectivity index (χ1) is 11.6. The van der Waals surface area contributed by atoms with Gasteiger partial charge in [0.1, 0.15) is 17.9 Å². The Morgan fingerprint density at radius 3 is 2.88 bits per heavy atom. The lowest BCUT2D eigenvalue weighted by Gasteiger charge is -2.26. The summed E-state index contributed by atoms with van der Waals surface area (Å²) in [4.78, 5) is 10.7. The van der Waals surface area contributed by atoms with E-state index in [1.54, 1.807) is 11.6 Å². The minimum atomic E-state index is 0.187. The maximum atomic E-state index is 5.34. The largest absolute Gasteiger partial charge is 0.497 e. The van der Waals surface area contributed by atoms with Gasteiger partial charge in [-0.3, -0.25) is 0 Å². The van der Waals surface area contributed by atoms with Crippen molar-refractivity contribution in [1.82, 2.24) is 24.5 Å². The van der Waals surface area contributed by atoms with Crippen molar-refractivity contribution in [2.45, 2.75) is 13.0 Å². The number of likely N-dealkylation sites (N-methyl/N-ethyl adjacent to an activating group) is 1. The average Bonchev–Trinajstić information content (AvgIpc) is 3.03. The lowest BCUT2D eigenvalue weighted by Crippen LogP contribution is -2.27. The maximum absolute atomic E-state index is 5.34. The number of nitrogens with one attached hydrogen (secondary N) is 1. The first-order valence-corrected chi connectivity index (χ1v) is 7.80. The van der Waals surface area contributed by atoms with Crippen molar-refractivity contribution in [3.05, 3.63) is 47.9 Å². The van der Waals surface area contributed by atoms with Gasteiger partial charge in [-0.15, -0.1) is 0 Å². The standard InChI is InChI=1S/C17H22N6O/c1-12-8-16(23-17(21-12)19-11-20-23)18-10-15(22(2)3)13-6-5-7-14(9-13)24-4/h5-9,11,15,18H,10H2,1-4H3/t15-/m0/s1. The van der Waals surface area contributed by atoms with E-state index in [9.17, 15) is 0 Å². The van der Waals surface area contributed by atoms with Gasteiger partial charge in [0.15, 0.2) is 0 Å². The zero-order valence-corrected chi connectivity index (χ0v) is 14.4. The predicted octanol–water partition coefficient (Wildman–Crippen LogP) is 2.16. The van der Waals surface area contributed by atoms with Gasteiger partial charge in [0.25, 0.3) is 5.78 Å². The highest BCUT2D eigenvalue weighted by molar-refractivity contribution is 5.45. The lowest BCUT2D eigenvalue weighted by atomic mass is 10.1. The highest BCUT2D eigenvalue weighted by atomic mass is 16.5. The fraction of sp³-hybridized carbons (Fsp3) is 0.353. The number of ether oxygens (including phenoxy) is 1. The fourth-order valence-electron chi connectivity index (χ4n) is 2.71. The maximum Gasteiger partial charge on any atom is 0.254 e. The molecule has 0 unspecified atom stereocenters. The normalized spacial score (nSPS) is 12.5. The molecule has 2 heterocycles. The summed E-state index contributed by atoms with van der Waals surface area (Å²) in [6.45, 7) is 2.67. The number of aryl methyl sites for hydroxylation is 1. The van der Waals surface area contributed by atoms with Crippen molar-refractivity contribution in [1.29, 1.82) is 0 Å². The minimum Gasteiger partial charge on any atom is -0.497 e. The molecule has 126 valence electrons. The Balaban J connectivity index is 1.84. The Morgan fingerprint density at radius 1 is 1.29 bits per heavy atom. The van der Waals surface area contributed by atoms with Crippen molar-refractivity contribution < 1.29 is 4.74 Å². The molecule has 0 bridgehead atoms. The summed E-state index contributed by atoms with van der Waals surface area (Å²) in [5.74, 6) is 2.34. The second-order valence-electron chi connectivity index (χ2n) is 5.89. The Kier molecular flexibility index (Phi) is 4.61. The van der Waals surface area contributed by atoms with Crippen LogP contribution < -0.4 is 10.1 Å². The van der Waals surface area contributed by atoms with Gasteiger partial charge in [0.2, 0.25) is 0 Å². The van der Waals surface area contributed by atoms with Crippen LogP contribution in [0.1, 0.15) is 17.3 Å². The third-order valence-corrected chi connectivity index (χ3v) is 3.96. The summed E-state index contributed by atoms with van der Waals surface area (Å²) in [5.41, 5.74) is 2.09. The fourth-order valence-corrected chi connectivity index (χ4v) is 2.71. The Morgan fingerprint density at radius 2 is 2.12 bits per heavy atom. The van der Waals surface area contributed by atoms with E-state index in [0.717, 1.165) is 23.8 Å². The highest BCUT2D eigenvalue weighted by Gasteiger charge is 2.16. The van der Waals surface area contributed by atoms with Gasteiger partial charge in [-0.1, -0.05) is 12.1 Å². The molecule has 0 spiro atoms. The summed E-state index contributed by atoms with van der Waals surface area (Å²) in [6, 6.07) is 10.3. The van der Waals surface area contributed by atoms with Crippen LogP contribution in [0.2, 0.25) is 0 Å². The van der Waals surface area contributed by atoms with Gasteiger partial charge in [0, 0.05) is 18.3 Å². The topological polar surface area (TPSA) is 67.6 Å². The molecular weight excluding hydrogens is 304 g/mol. The van der Waals surface area contributed by atoms with Crippen molar-refractivity contribution in [2.24, 2.45) is 0 Å². The van der Waals surface area contributed by atoms with Crippen LogP contribution in [0.3, 0.4) is 0 Å². The Bertz CT molecular complexity index is 829. The van der Waals surface area contributed by atoms with Crippen LogP contribution in [0.4, 0.5) is 5.82 Å². The van der Waals surface area contributed by atoms with Crippen molar-refractivity contribution >= 4 is 11.6 Å². The summed E-state index contributed by atoms with van der Waals surface area (Å²) in [7, 11) is 5.81. The number of methoxy groups -OCH3 is 1. The number of benzene rings is 1. The quantitative estimate of drug-likeness (QED) is 0.749. The highest BCUT2D eigenvalue weighted by Crippen LogP contribution is 2.23. The van der Waals surface area contributed by atoms with E-state index in [4.69, 9.17) is 4.74 Å². The van der Waals surface area contributed by atoms with Crippen LogP contribution in [0, 0.1) is 6.92 Å². The van der Waals surface area contributed by atoms with Gasteiger partial charge in [-0.05, 0) is 38.7 Å². The number of hydrogen-bond donors (Lipinski definition) is 1. The van der Waals surface area contributed by atoms with E-state index in [1.807, 2.05) is 25.1 Å². The monoisotopic (exact) mass is 326 g/mol. The molecule has 1 atom stereocenters. The molecule has 0 aliphatic carbocycles. The van der Waals surface area contributed by atoms with Gasteiger partial charge in [-0.25, -0.2) is 4.98 Å². The number of anilines is 1. The molecule has 3 rings (SSSR count). The summed E-state index contributed by atoms with van der Waals surface area (Å²) < 4.78 is 7.05.